The average molecular weight is 512 g/mol. The van der Waals surface area contributed by atoms with Crippen LogP contribution >= 0.6 is 11.6 Å². The van der Waals surface area contributed by atoms with E-state index in [1.54, 1.807) is 37.3 Å². The molecule has 3 aromatic rings. The van der Waals surface area contributed by atoms with Gasteiger partial charge in [0.05, 0.1) is 14.2 Å². The normalized spacial score (nSPS) is 10.5. The lowest BCUT2D eigenvalue weighted by atomic mass is 9.96. The summed E-state index contributed by atoms with van der Waals surface area (Å²) in [4.78, 5) is 25.9. The number of hydrogen-bond donors (Lipinski definition) is 0. The van der Waals surface area contributed by atoms with Crippen LogP contribution in [-0.4, -0.2) is 37.7 Å². The lowest BCUT2D eigenvalue weighted by Gasteiger charge is -2.23. The number of esters is 1. The van der Waals surface area contributed by atoms with Crippen LogP contribution in [0.3, 0.4) is 0 Å². The number of halogens is 1. The molecule has 8 heteroatoms. The Morgan fingerprint density at radius 2 is 1.56 bits per heavy atom. The first kappa shape index (κ1) is 26.9. The number of benzene rings is 3. The standard InChI is InChI=1S/C28H30ClNO6/c1-5-30(28(32)36-17-20-10-12-23(29)13-11-20)16-22-8-6-7-9-24(22)25-14-21(18-35-19(2)31)15-26(33-3)27(25)34-4/h6-15H,5,16-18H2,1-4H3. The molecule has 0 saturated heterocycles. The maximum atomic E-state index is 12.9. The van der Waals surface area contributed by atoms with E-state index in [0.29, 0.717) is 29.6 Å². The van der Waals surface area contributed by atoms with Gasteiger partial charge in [0.15, 0.2) is 11.5 Å². The predicted octanol–water partition coefficient (Wildman–Crippen LogP) is 6.25. The quantitative estimate of drug-likeness (QED) is 0.300. The molecule has 3 rings (SSSR count). The van der Waals surface area contributed by atoms with Gasteiger partial charge in [0.1, 0.15) is 13.2 Å². The Balaban J connectivity index is 1.88. The number of rotatable bonds is 10. The third kappa shape index (κ3) is 6.92. The van der Waals surface area contributed by atoms with Crippen molar-refractivity contribution < 1.29 is 28.5 Å². The fourth-order valence-electron chi connectivity index (χ4n) is 3.74. The summed E-state index contributed by atoms with van der Waals surface area (Å²) in [6.45, 7) is 4.30. The van der Waals surface area contributed by atoms with E-state index in [4.69, 9.17) is 30.5 Å². The second-order valence-corrected chi connectivity index (χ2v) is 8.45. The van der Waals surface area contributed by atoms with Crippen molar-refractivity contribution in [2.45, 2.75) is 33.6 Å². The number of ether oxygens (including phenoxy) is 4. The van der Waals surface area contributed by atoms with Crippen LogP contribution in [0, 0.1) is 0 Å². The minimum Gasteiger partial charge on any atom is -0.493 e. The van der Waals surface area contributed by atoms with Crippen molar-refractivity contribution >= 4 is 23.7 Å². The molecule has 0 fully saturated rings. The summed E-state index contributed by atoms with van der Waals surface area (Å²) >= 11 is 5.93. The van der Waals surface area contributed by atoms with Gasteiger partial charge in [-0.1, -0.05) is 48.0 Å². The largest absolute Gasteiger partial charge is 0.493 e. The number of nitrogens with zero attached hydrogens (tertiary/aromatic N) is 1. The molecule has 0 aliphatic carbocycles. The van der Waals surface area contributed by atoms with Crippen LogP contribution in [0.2, 0.25) is 5.02 Å². The van der Waals surface area contributed by atoms with Crippen molar-refractivity contribution in [3.8, 4) is 22.6 Å². The summed E-state index contributed by atoms with van der Waals surface area (Å²) in [7, 11) is 3.13. The highest BCUT2D eigenvalue weighted by Crippen LogP contribution is 2.41. The van der Waals surface area contributed by atoms with Gasteiger partial charge in [-0.2, -0.15) is 0 Å². The van der Waals surface area contributed by atoms with E-state index in [9.17, 15) is 9.59 Å². The van der Waals surface area contributed by atoms with Crippen molar-refractivity contribution in [3.05, 3.63) is 82.4 Å². The topological polar surface area (TPSA) is 74.3 Å². The van der Waals surface area contributed by atoms with Crippen LogP contribution in [0.25, 0.3) is 11.1 Å². The van der Waals surface area contributed by atoms with Crippen molar-refractivity contribution in [3.63, 3.8) is 0 Å². The van der Waals surface area contributed by atoms with Crippen molar-refractivity contribution in [1.82, 2.24) is 4.90 Å². The van der Waals surface area contributed by atoms with Crippen molar-refractivity contribution in [2.75, 3.05) is 20.8 Å². The summed E-state index contributed by atoms with van der Waals surface area (Å²) < 4.78 is 22.0. The maximum absolute atomic E-state index is 12.9. The van der Waals surface area contributed by atoms with Crippen LogP contribution in [0.1, 0.15) is 30.5 Å². The van der Waals surface area contributed by atoms with Crippen LogP contribution in [0.5, 0.6) is 11.5 Å². The second kappa shape index (κ2) is 12.8. The molecule has 0 bridgehead atoms. The highest BCUT2D eigenvalue weighted by Gasteiger charge is 2.20. The van der Waals surface area contributed by atoms with Gasteiger partial charge in [-0.3, -0.25) is 4.79 Å². The average Bonchev–Trinajstić information content (AvgIpc) is 2.89. The molecular formula is C28H30ClNO6. The molecule has 0 heterocycles. The zero-order chi connectivity index (χ0) is 26.1. The minimum atomic E-state index is -0.421. The Morgan fingerprint density at radius 3 is 2.19 bits per heavy atom. The van der Waals surface area contributed by atoms with Gasteiger partial charge < -0.3 is 23.8 Å². The molecular weight excluding hydrogens is 482 g/mol. The Labute approximate surface area is 216 Å². The third-order valence-corrected chi connectivity index (χ3v) is 5.82. The maximum Gasteiger partial charge on any atom is 0.410 e. The van der Waals surface area contributed by atoms with Gasteiger partial charge in [0, 0.05) is 30.6 Å². The molecule has 0 aromatic heterocycles. The van der Waals surface area contributed by atoms with Gasteiger partial charge in [-0.05, 0) is 53.4 Å². The van der Waals surface area contributed by atoms with E-state index >= 15 is 0 Å². The van der Waals surface area contributed by atoms with Gasteiger partial charge >= 0.3 is 12.1 Å². The second-order valence-electron chi connectivity index (χ2n) is 8.01. The summed E-state index contributed by atoms with van der Waals surface area (Å²) in [5.74, 6) is 0.689. The minimum absolute atomic E-state index is 0.100. The first-order valence-electron chi connectivity index (χ1n) is 11.5. The van der Waals surface area contributed by atoms with E-state index in [1.807, 2.05) is 49.4 Å². The molecule has 0 N–H and O–H groups in total. The Morgan fingerprint density at radius 1 is 0.861 bits per heavy atom. The van der Waals surface area contributed by atoms with Gasteiger partial charge in [-0.25, -0.2) is 4.79 Å². The zero-order valence-corrected chi connectivity index (χ0v) is 21.6. The molecule has 0 aliphatic rings. The Hall–Kier alpha value is -3.71. The molecule has 0 radical (unpaired) electrons. The van der Waals surface area contributed by atoms with E-state index < -0.39 is 6.09 Å². The van der Waals surface area contributed by atoms with E-state index in [0.717, 1.165) is 27.8 Å². The smallest absolute Gasteiger partial charge is 0.410 e. The summed E-state index contributed by atoms with van der Waals surface area (Å²) in [5, 5.41) is 0.626. The summed E-state index contributed by atoms with van der Waals surface area (Å²) in [5.41, 5.74) is 4.13. The molecule has 0 aliphatic heterocycles. The first-order chi connectivity index (χ1) is 17.4. The predicted molar refractivity (Wildman–Crippen MR) is 138 cm³/mol. The van der Waals surface area contributed by atoms with Crippen LogP contribution in [0.15, 0.2) is 60.7 Å². The lowest BCUT2D eigenvalue weighted by Crippen LogP contribution is -2.31. The molecule has 36 heavy (non-hydrogen) atoms. The highest BCUT2D eigenvalue weighted by molar-refractivity contribution is 6.30. The zero-order valence-electron chi connectivity index (χ0n) is 20.9. The summed E-state index contributed by atoms with van der Waals surface area (Å²) in [6, 6.07) is 18.6. The third-order valence-electron chi connectivity index (χ3n) is 5.57. The molecule has 190 valence electrons. The number of hydrogen-bond acceptors (Lipinski definition) is 6. The van der Waals surface area contributed by atoms with Gasteiger partial charge in [0.2, 0.25) is 0 Å². The Bertz CT molecular complexity index is 1200. The van der Waals surface area contributed by atoms with E-state index in [2.05, 4.69) is 0 Å². The summed E-state index contributed by atoms with van der Waals surface area (Å²) in [6.07, 6.45) is -0.421. The fraction of sp³-hybridized carbons (Fsp3) is 0.286. The van der Waals surface area contributed by atoms with Gasteiger partial charge in [0.25, 0.3) is 0 Å². The number of methoxy groups -OCH3 is 2. The Kier molecular flexibility index (Phi) is 9.59. The van der Waals surface area contributed by atoms with Crippen LogP contribution < -0.4 is 9.47 Å². The molecule has 7 nitrogen and oxygen atoms in total. The highest BCUT2D eigenvalue weighted by atomic mass is 35.5. The first-order valence-corrected chi connectivity index (χ1v) is 11.9. The number of carbonyl (C=O) groups excluding carboxylic acids is 2. The molecule has 0 unspecified atom stereocenters. The number of carbonyl (C=O) groups is 2. The molecule has 1 amide bonds. The molecule has 0 saturated carbocycles. The van der Waals surface area contributed by atoms with Crippen LogP contribution in [-0.2, 0) is 34.0 Å². The van der Waals surface area contributed by atoms with Crippen LogP contribution in [0.4, 0.5) is 4.79 Å². The van der Waals surface area contributed by atoms with E-state index in [1.165, 1.54) is 6.92 Å². The van der Waals surface area contributed by atoms with E-state index in [-0.39, 0.29) is 19.2 Å². The van der Waals surface area contributed by atoms with Gasteiger partial charge in [-0.15, -0.1) is 0 Å². The number of amides is 1. The molecule has 0 spiro atoms. The monoisotopic (exact) mass is 511 g/mol. The SMILES string of the molecule is CCN(Cc1ccccc1-c1cc(COC(C)=O)cc(OC)c1OC)C(=O)OCc1ccc(Cl)cc1. The molecule has 0 atom stereocenters. The fourth-order valence-corrected chi connectivity index (χ4v) is 3.86. The van der Waals surface area contributed by atoms with Crippen molar-refractivity contribution in [2.24, 2.45) is 0 Å². The molecule has 3 aromatic carbocycles. The van der Waals surface area contributed by atoms with Crippen molar-refractivity contribution in [1.29, 1.82) is 0 Å². The lowest BCUT2D eigenvalue weighted by molar-refractivity contribution is -0.142.